The summed E-state index contributed by atoms with van der Waals surface area (Å²) in [5.74, 6) is 1.00. The van der Waals surface area contributed by atoms with Gasteiger partial charge in [0.25, 0.3) is 5.91 Å². The monoisotopic (exact) mass is 562 g/mol. The highest BCUT2D eigenvalue weighted by Crippen LogP contribution is 2.32. The predicted molar refractivity (Wildman–Crippen MR) is 157 cm³/mol. The number of carbonyl (C=O) groups excluding carboxylic acids is 2. The number of rotatable bonds is 8. The lowest BCUT2D eigenvalue weighted by atomic mass is 10.0. The number of para-hydroxylation sites is 1. The largest absolute Gasteiger partial charge is 0.491 e. The number of hydrogen-bond donors (Lipinski definition) is 3. The third kappa shape index (κ3) is 8.18. The Morgan fingerprint density at radius 3 is 2.17 bits per heavy atom. The Morgan fingerprint density at radius 2 is 1.60 bits per heavy atom. The second-order valence-electron chi connectivity index (χ2n) is 8.66. The van der Waals surface area contributed by atoms with E-state index < -0.39 is 12.1 Å². The average Bonchev–Trinajstić information content (AvgIpc) is 3.54. The molecule has 1 saturated heterocycles. The van der Waals surface area contributed by atoms with Gasteiger partial charge in [-0.05, 0) is 24.6 Å². The fourth-order valence-electron chi connectivity index (χ4n) is 4.01. The van der Waals surface area contributed by atoms with Crippen molar-refractivity contribution in [1.82, 2.24) is 20.2 Å². The van der Waals surface area contributed by atoms with E-state index in [1.54, 1.807) is 0 Å². The van der Waals surface area contributed by atoms with E-state index in [1.165, 1.54) is 4.90 Å². The lowest BCUT2D eigenvalue weighted by Gasteiger charge is -2.23. The number of aromatic nitrogens is 2. The van der Waals surface area contributed by atoms with Gasteiger partial charge in [0.2, 0.25) is 0 Å². The second kappa shape index (κ2) is 15.5. The minimum atomic E-state index is -0.575. The van der Waals surface area contributed by atoms with Gasteiger partial charge in [0.15, 0.2) is 0 Å². The molecule has 1 aromatic heterocycles. The maximum atomic E-state index is 12.4. The van der Waals surface area contributed by atoms with E-state index in [0.29, 0.717) is 29.7 Å². The molecule has 0 aliphatic carbocycles. The number of halogens is 1. The third-order valence-corrected chi connectivity index (χ3v) is 6.16. The number of aliphatic hydroxyl groups is 1. The van der Waals surface area contributed by atoms with Gasteiger partial charge in [-0.3, -0.25) is 9.69 Å². The molecule has 4 aromatic rings. The van der Waals surface area contributed by atoms with E-state index in [9.17, 15) is 9.59 Å². The zero-order chi connectivity index (χ0) is 28.9. The Hall–Kier alpha value is -4.14. The van der Waals surface area contributed by atoms with Crippen LogP contribution in [0.15, 0.2) is 84.9 Å². The topological polar surface area (TPSA) is 108 Å². The zero-order valence-electron chi connectivity index (χ0n) is 22.9. The molecule has 2 heterocycles. The standard InChI is InChI=1S/C21H19ClN4O2.C8H10O2.C2H6/c1-13-7-9-15(10-8-13)18-19(22)25-20(24-18)16(11-14-5-3-2-4-6-14)26-17(27)12-23-21(26)28;9-6-7-10-8-4-2-1-3-5-8;1-2/h2-10,16H,11-12H2,1H3,(H,23,28)(H,24,25);1-5,9H,6-7H2;1-2H3. The highest BCUT2D eigenvalue weighted by molar-refractivity contribution is 6.31. The number of aromatic amines is 1. The number of imide groups is 1. The molecule has 0 saturated carbocycles. The number of H-pyrrole nitrogens is 1. The van der Waals surface area contributed by atoms with Crippen molar-refractivity contribution in [2.45, 2.75) is 33.2 Å². The average molecular weight is 563 g/mol. The molecule has 0 spiro atoms. The molecule has 0 radical (unpaired) electrons. The second-order valence-corrected chi connectivity index (χ2v) is 9.04. The first kappa shape index (κ1) is 30.4. The molecule has 0 bridgehead atoms. The number of imidazole rings is 1. The Kier molecular flexibility index (Phi) is 11.7. The van der Waals surface area contributed by atoms with Crippen molar-refractivity contribution in [3.63, 3.8) is 0 Å². The van der Waals surface area contributed by atoms with Gasteiger partial charge in [-0.15, -0.1) is 0 Å². The molecule has 3 N–H and O–H groups in total. The maximum Gasteiger partial charge on any atom is 0.325 e. The molecule has 1 aliphatic rings. The number of ether oxygens (including phenoxy) is 1. The molecule has 210 valence electrons. The molecule has 1 aliphatic heterocycles. The van der Waals surface area contributed by atoms with Crippen LogP contribution in [0.5, 0.6) is 5.75 Å². The van der Waals surface area contributed by atoms with Crippen LogP contribution in [0.1, 0.15) is 36.8 Å². The highest BCUT2D eigenvalue weighted by Gasteiger charge is 2.37. The van der Waals surface area contributed by atoms with E-state index in [2.05, 4.69) is 15.3 Å². The van der Waals surface area contributed by atoms with E-state index in [-0.39, 0.29) is 19.1 Å². The fourth-order valence-corrected chi connectivity index (χ4v) is 4.26. The predicted octanol–water partition coefficient (Wildman–Crippen LogP) is 5.96. The minimum Gasteiger partial charge on any atom is -0.491 e. The lowest BCUT2D eigenvalue weighted by Crippen LogP contribution is -2.36. The fraction of sp³-hybridized carbons (Fsp3) is 0.258. The van der Waals surface area contributed by atoms with Crippen LogP contribution in [0, 0.1) is 6.92 Å². The molecule has 1 atom stereocenters. The number of aryl methyl sites for hydroxylation is 1. The van der Waals surface area contributed by atoms with Crippen LogP contribution in [-0.4, -0.2) is 51.7 Å². The number of urea groups is 1. The lowest BCUT2D eigenvalue weighted by molar-refractivity contribution is -0.126. The Bertz CT molecular complexity index is 1330. The zero-order valence-corrected chi connectivity index (χ0v) is 23.7. The summed E-state index contributed by atoms with van der Waals surface area (Å²) in [4.78, 5) is 33.6. The van der Waals surface area contributed by atoms with Gasteiger partial charge >= 0.3 is 6.03 Å². The van der Waals surface area contributed by atoms with Crippen molar-refractivity contribution in [2.24, 2.45) is 0 Å². The molecular formula is C31H35ClN4O4. The van der Waals surface area contributed by atoms with Gasteiger partial charge in [-0.1, -0.05) is 104 Å². The van der Waals surface area contributed by atoms with E-state index in [0.717, 1.165) is 22.4 Å². The smallest absolute Gasteiger partial charge is 0.325 e. The number of aliphatic hydroxyl groups excluding tert-OH is 1. The summed E-state index contributed by atoms with van der Waals surface area (Å²) >= 11 is 6.42. The molecule has 3 amide bonds. The Labute approximate surface area is 240 Å². The van der Waals surface area contributed by atoms with E-state index >= 15 is 0 Å². The number of nitrogens with one attached hydrogen (secondary N) is 2. The quantitative estimate of drug-likeness (QED) is 0.230. The molecule has 8 nitrogen and oxygen atoms in total. The van der Waals surface area contributed by atoms with Crippen LogP contribution in [0.3, 0.4) is 0 Å². The number of benzene rings is 3. The Balaban J connectivity index is 0.000000309. The molecular weight excluding hydrogens is 528 g/mol. The summed E-state index contributed by atoms with van der Waals surface area (Å²) in [6, 6.07) is 26.0. The molecule has 40 heavy (non-hydrogen) atoms. The molecule has 9 heteroatoms. The summed E-state index contributed by atoms with van der Waals surface area (Å²) in [7, 11) is 0. The number of nitrogens with zero attached hydrogens (tertiary/aromatic N) is 2. The van der Waals surface area contributed by atoms with Crippen LogP contribution in [0.4, 0.5) is 4.79 Å². The van der Waals surface area contributed by atoms with Gasteiger partial charge in [0.05, 0.1) is 13.2 Å². The van der Waals surface area contributed by atoms with Crippen LogP contribution in [0.2, 0.25) is 5.15 Å². The summed E-state index contributed by atoms with van der Waals surface area (Å²) in [6.07, 6.45) is 0.442. The van der Waals surface area contributed by atoms with Crippen molar-refractivity contribution in [3.05, 3.63) is 107 Å². The van der Waals surface area contributed by atoms with Gasteiger partial charge in [-0.25, -0.2) is 9.78 Å². The van der Waals surface area contributed by atoms with Crippen LogP contribution >= 0.6 is 11.6 Å². The van der Waals surface area contributed by atoms with Gasteiger partial charge in [-0.2, -0.15) is 0 Å². The summed E-state index contributed by atoms with van der Waals surface area (Å²) in [5.41, 5.74) is 3.59. The maximum absolute atomic E-state index is 12.4. The normalized spacial score (nSPS) is 13.0. The number of hydrogen-bond acceptors (Lipinski definition) is 5. The molecule has 3 aromatic carbocycles. The van der Waals surface area contributed by atoms with Crippen molar-refractivity contribution in [2.75, 3.05) is 19.8 Å². The Morgan fingerprint density at radius 1 is 0.975 bits per heavy atom. The molecule has 1 unspecified atom stereocenters. The first-order chi connectivity index (χ1) is 19.5. The van der Waals surface area contributed by atoms with Crippen molar-refractivity contribution < 1.29 is 19.4 Å². The summed E-state index contributed by atoms with van der Waals surface area (Å²) in [6.45, 7) is 6.43. The molecule has 5 rings (SSSR count). The highest BCUT2D eigenvalue weighted by atomic mass is 35.5. The van der Waals surface area contributed by atoms with Crippen LogP contribution in [0.25, 0.3) is 11.3 Å². The van der Waals surface area contributed by atoms with Gasteiger partial charge in [0.1, 0.15) is 35.1 Å². The van der Waals surface area contributed by atoms with Crippen molar-refractivity contribution in [1.29, 1.82) is 0 Å². The van der Waals surface area contributed by atoms with Crippen molar-refractivity contribution >= 4 is 23.5 Å². The van der Waals surface area contributed by atoms with Gasteiger partial charge in [0, 0.05) is 12.0 Å². The number of carbonyl (C=O) groups is 2. The minimum absolute atomic E-state index is 0.0105. The summed E-state index contributed by atoms with van der Waals surface area (Å²) in [5, 5.41) is 11.4. The number of amides is 3. The van der Waals surface area contributed by atoms with Crippen molar-refractivity contribution in [3.8, 4) is 17.0 Å². The molecule has 1 fully saturated rings. The van der Waals surface area contributed by atoms with Crippen LogP contribution < -0.4 is 10.1 Å². The summed E-state index contributed by atoms with van der Waals surface area (Å²) < 4.78 is 5.11. The van der Waals surface area contributed by atoms with E-state index in [4.69, 9.17) is 21.4 Å². The van der Waals surface area contributed by atoms with Gasteiger partial charge < -0.3 is 20.1 Å². The van der Waals surface area contributed by atoms with Crippen LogP contribution in [-0.2, 0) is 11.2 Å². The SMILES string of the molecule is CC.Cc1ccc(-c2nc(C(Cc3ccccc3)N3C(=O)CNC3=O)[nH]c2Cl)cc1.OCCOc1ccccc1. The third-order valence-electron chi connectivity index (χ3n) is 5.88. The first-order valence-electron chi connectivity index (χ1n) is 13.2. The first-order valence-corrected chi connectivity index (χ1v) is 13.6. The van der Waals surface area contributed by atoms with E-state index in [1.807, 2.05) is 106 Å².